The Morgan fingerprint density at radius 1 is 1.32 bits per heavy atom. The van der Waals surface area contributed by atoms with Crippen molar-refractivity contribution in [1.82, 2.24) is 19.8 Å². The fourth-order valence-electron chi connectivity index (χ4n) is 3.04. The molecule has 1 N–H and O–H groups in total. The molecular weight excluding hydrogens is 320 g/mol. The molecule has 2 heterocycles. The number of rotatable bonds is 3. The van der Waals surface area contributed by atoms with Crippen LogP contribution < -0.4 is 5.32 Å². The maximum absolute atomic E-state index is 12.3. The van der Waals surface area contributed by atoms with Crippen molar-refractivity contribution < 1.29 is 14.3 Å². The summed E-state index contributed by atoms with van der Waals surface area (Å²) in [6.07, 6.45) is 2.14. The summed E-state index contributed by atoms with van der Waals surface area (Å²) in [6, 6.07) is 8.18. The number of carbonyl (C=O) groups is 2. The molecule has 7 nitrogen and oxygen atoms in total. The van der Waals surface area contributed by atoms with Crippen LogP contribution in [0.5, 0.6) is 0 Å². The van der Waals surface area contributed by atoms with Crippen LogP contribution in [0.25, 0.3) is 11.0 Å². The van der Waals surface area contributed by atoms with Crippen LogP contribution in [0, 0.1) is 0 Å². The molecule has 1 aliphatic heterocycles. The lowest BCUT2D eigenvalue weighted by Crippen LogP contribution is -2.41. The number of fused-ring (bicyclic) bond motifs is 1. The zero-order chi connectivity index (χ0) is 18.0. The van der Waals surface area contributed by atoms with Crippen molar-refractivity contribution in [2.75, 3.05) is 19.6 Å². The van der Waals surface area contributed by atoms with Crippen LogP contribution in [0.15, 0.2) is 30.6 Å². The average Bonchev–Trinajstić information content (AvgIpc) is 3.17. The van der Waals surface area contributed by atoms with Gasteiger partial charge in [0.1, 0.15) is 12.1 Å². The molecule has 1 aromatic carbocycles. The van der Waals surface area contributed by atoms with E-state index in [0.717, 1.165) is 17.5 Å². The molecule has 1 fully saturated rings. The van der Waals surface area contributed by atoms with Gasteiger partial charge in [0.25, 0.3) is 0 Å². The van der Waals surface area contributed by atoms with Crippen molar-refractivity contribution in [2.24, 2.45) is 0 Å². The van der Waals surface area contributed by atoms with Gasteiger partial charge in [-0.2, -0.15) is 0 Å². The number of ether oxygens (including phenoxy) is 1. The molecule has 2 aromatic rings. The maximum Gasteiger partial charge on any atom is 0.408 e. The lowest BCUT2D eigenvalue weighted by atomic mass is 10.2. The molecule has 1 aromatic heterocycles. The van der Waals surface area contributed by atoms with Gasteiger partial charge in [0.05, 0.1) is 23.4 Å². The van der Waals surface area contributed by atoms with Crippen LogP contribution in [-0.2, 0) is 9.53 Å². The number of hydrogen-bond acceptors (Lipinski definition) is 4. The number of benzene rings is 1. The molecule has 1 atom stereocenters. The number of alkyl carbamates (subject to hydrolysis) is 1. The van der Waals surface area contributed by atoms with E-state index >= 15 is 0 Å². The zero-order valence-corrected chi connectivity index (χ0v) is 14.9. The Morgan fingerprint density at radius 2 is 2.08 bits per heavy atom. The molecule has 1 saturated heterocycles. The minimum atomic E-state index is -0.575. The van der Waals surface area contributed by atoms with Gasteiger partial charge in [-0.3, -0.25) is 4.79 Å². The SMILES string of the molecule is CC(C)(C)OC(=O)NCC(=O)N1CCC(n2cnc3ccccc32)C1. The minimum absolute atomic E-state index is 0.0493. The van der Waals surface area contributed by atoms with E-state index in [4.69, 9.17) is 4.74 Å². The quantitative estimate of drug-likeness (QED) is 0.927. The van der Waals surface area contributed by atoms with Gasteiger partial charge >= 0.3 is 6.09 Å². The van der Waals surface area contributed by atoms with Crippen molar-refractivity contribution in [2.45, 2.75) is 38.8 Å². The molecule has 0 radical (unpaired) electrons. The molecule has 25 heavy (non-hydrogen) atoms. The van der Waals surface area contributed by atoms with Gasteiger partial charge in [-0.25, -0.2) is 9.78 Å². The van der Waals surface area contributed by atoms with Crippen molar-refractivity contribution in [3.63, 3.8) is 0 Å². The molecule has 1 unspecified atom stereocenters. The number of para-hydroxylation sites is 2. The average molecular weight is 344 g/mol. The first-order valence-electron chi connectivity index (χ1n) is 8.50. The van der Waals surface area contributed by atoms with Gasteiger partial charge in [-0.1, -0.05) is 12.1 Å². The highest BCUT2D eigenvalue weighted by molar-refractivity contribution is 5.82. The third-order valence-electron chi connectivity index (χ3n) is 4.17. The lowest BCUT2D eigenvalue weighted by molar-refractivity contribution is -0.129. The second-order valence-corrected chi connectivity index (χ2v) is 7.28. The summed E-state index contributed by atoms with van der Waals surface area (Å²) in [5.41, 5.74) is 1.46. The Hall–Kier alpha value is -2.57. The first-order valence-corrected chi connectivity index (χ1v) is 8.50. The van der Waals surface area contributed by atoms with E-state index in [9.17, 15) is 9.59 Å². The van der Waals surface area contributed by atoms with Gasteiger partial charge in [0, 0.05) is 13.1 Å². The third kappa shape index (κ3) is 4.10. The highest BCUT2D eigenvalue weighted by Gasteiger charge is 2.28. The van der Waals surface area contributed by atoms with Crippen molar-refractivity contribution in [3.8, 4) is 0 Å². The highest BCUT2D eigenvalue weighted by atomic mass is 16.6. The Kier molecular flexibility index (Phi) is 4.65. The van der Waals surface area contributed by atoms with Crippen LogP contribution in [0.4, 0.5) is 4.79 Å². The second kappa shape index (κ2) is 6.74. The normalized spacial score (nSPS) is 17.7. The number of nitrogens with zero attached hydrogens (tertiary/aromatic N) is 3. The summed E-state index contributed by atoms with van der Waals surface area (Å²) in [5.74, 6) is -0.0993. The van der Waals surface area contributed by atoms with Crippen LogP contribution in [0.3, 0.4) is 0 Å². The molecule has 0 spiro atoms. The number of imidazole rings is 1. The Labute approximate surface area is 147 Å². The molecule has 3 rings (SSSR count). The van der Waals surface area contributed by atoms with Crippen molar-refractivity contribution in [3.05, 3.63) is 30.6 Å². The van der Waals surface area contributed by atoms with Gasteiger partial charge in [0.2, 0.25) is 5.91 Å². The van der Waals surface area contributed by atoms with Gasteiger partial charge in [-0.15, -0.1) is 0 Å². The van der Waals surface area contributed by atoms with Crippen LogP contribution in [0.2, 0.25) is 0 Å². The van der Waals surface area contributed by atoms with Gasteiger partial charge < -0.3 is 19.5 Å². The molecule has 0 bridgehead atoms. The smallest absolute Gasteiger partial charge is 0.408 e. The number of hydrogen-bond donors (Lipinski definition) is 1. The van der Waals surface area contributed by atoms with Crippen molar-refractivity contribution >= 4 is 23.0 Å². The standard InChI is InChI=1S/C18H24N4O3/c1-18(2,3)25-17(24)19-10-16(23)21-9-8-13(11-21)22-12-20-14-6-4-5-7-15(14)22/h4-7,12-13H,8-11H2,1-3H3,(H,19,24). The minimum Gasteiger partial charge on any atom is -0.444 e. The second-order valence-electron chi connectivity index (χ2n) is 7.28. The lowest BCUT2D eigenvalue weighted by Gasteiger charge is -2.21. The van der Waals surface area contributed by atoms with E-state index in [1.54, 1.807) is 25.7 Å². The number of likely N-dealkylation sites (tertiary alicyclic amines) is 1. The molecule has 134 valence electrons. The monoisotopic (exact) mass is 344 g/mol. The molecule has 1 aliphatic rings. The Bertz CT molecular complexity index is 778. The van der Waals surface area contributed by atoms with E-state index in [2.05, 4.69) is 14.9 Å². The van der Waals surface area contributed by atoms with E-state index in [0.29, 0.717) is 13.1 Å². The number of carbonyl (C=O) groups excluding carboxylic acids is 2. The predicted octanol–water partition coefficient (Wildman–Crippen LogP) is 2.33. The van der Waals surface area contributed by atoms with E-state index in [1.807, 2.05) is 30.6 Å². The number of amides is 2. The number of aromatic nitrogens is 2. The van der Waals surface area contributed by atoms with Crippen molar-refractivity contribution in [1.29, 1.82) is 0 Å². The number of nitrogens with one attached hydrogen (secondary N) is 1. The molecular formula is C18H24N4O3. The molecule has 2 amide bonds. The predicted molar refractivity (Wildman–Crippen MR) is 94.2 cm³/mol. The van der Waals surface area contributed by atoms with E-state index < -0.39 is 11.7 Å². The molecule has 0 aliphatic carbocycles. The van der Waals surface area contributed by atoms with Crippen LogP contribution >= 0.6 is 0 Å². The fourth-order valence-corrected chi connectivity index (χ4v) is 3.04. The Morgan fingerprint density at radius 3 is 2.84 bits per heavy atom. The summed E-state index contributed by atoms with van der Waals surface area (Å²) >= 11 is 0. The summed E-state index contributed by atoms with van der Waals surface area (Å²) in [4.78, 5) is 30.2. The maximum atomic E-state index is 12.3. The highest BCUT2D eigenvalue weighted by Crippen LogP contribution is 2.25. The van der Waals surface area contributed by atoms with Gasteiger partial charge in [-0.05, 0) is 39.3 Å². The largest absolute Gasteiger partial charge is 0.444 e. The van der Waals surface area contributed by atoms with Gasteiger partial charge in [0.15, 0.2) is 0 Å². The fraction of sp³-hybridized carbons (Fsp3) is 0.500. The van der Waals surface area contributed by atoms with E-state index in [-0.39, 0.29) is 18.5 Å². The first kappa shape index (κ1) is 17.3. The molecule has 0 saturated carbocycles. The summed E-state index contributed by atoms with van der Waals surface area (Å²) in [6.45, 7) is 6.60. The zero-order valence-electron chi connectivity index (χ0n) is 14.9. The van der Waals surface area contributed by atoms with E-state index in [1.165, 1.54) is 0 Å². The topological polar surface area (TPSA) is 76.5 Å². The Balaban J connectivity index is 1.56. The third-order valence-corrected chi connectivity index (χ3v) is 4.17. The summed E-state index contributed by atoms with van der Waals surface area (Å²) < 4.78 is 7.27. The first-order chi connectivity index (χ1) is 11.8. The van der Waals surface area contributed by atoms with Crippen LogP contribution in [0.1, 0.15) is 33.2 Å². The van der Waals surface area contributed by atoms with Crippen LogP contribution in [-0.4, -0.2) is 51.7 Å². The summed E-state index contributed by atoms with van der Waals surface area (Å²) in [5, 5.41) is 2.52. The summed E-state index contributed by atoms with van der Waals surface area (Å²) in [7, 11) is 0. The molecule has 7 heteroatoms.